The van der Waals surface area contributed by atoms with Gasteiger partial charge in [0, 0.05) is 22.8 Å². The Morgan fingerprint density at radius 3 is 2.24 bits per heavy atom. The predicted octanol–water partition coefficient (Wildman–Crippen LogP) is 2.79. The van der Waals surface area contributed by atoms with Gasteiger partial charge in [-0.3, -0.25) is 4.79 Å². The fourth-order valence-electron chi connectivity index (χ4n) is 1.63. The average Bonchev–Trinajstić information content (AvgIpc) is 3.00. The molecule has 0 heterocycles. The van der Waals surface area contributed by atoms with Crippen molar-refractivity contribution < 1.29 is 4.79 Å². The topological polar surface area (TPSA) is 41.1 Å². The van der Waals surface area contributed by atoms with Gasteiger partial charge in [0.15, 0.2) is 0 Å². The molecule has 1 amide bonds. The molecule has 3 heteroatoms. The molecular weight excluding hydrogens is 212 g/mol. The van der Waals surface area contributed by atoms with Crippen molar-refractivity contribution in [2.75, 3.05) is 5.32 Å². The number of hydrogen-bond acceptors (Lipinski definition) is 2. The van der Waals surface area contributed by atoms with E-state index in [2.05, 4.69) is 31.4 Å². The summed E-state index contributed by atoms with van der Waals surface area (Å²) in [7, 11) is 0. The first kappa shape index (κ1) is 12.0. The number of nitrogens with one attached hydrogen (secondary N) is 2. The molecule has 0 spiro atoms. The van der Waals surface area contributed by atoms with Crippen LogP contribution in [0.25, 0.3) is 0 Å². The highest BCUT2D eigenvalue weighted by molar-refractivity contribution is 5.94. The zero-order valence-corrected chi connectivity index (χ0v) is 10.7. The molecule has 2 rings (SSSR count). The number of hydrogen-bond donors (Lipinski definition) is 2. The summed E-state index contributed by atoms with van der Waals surface area (Å²) in [4.78, 5) is 11.8. The van der Waals surface area contributed by atoms with Crippen molar-refractivity contribution in [3.63, 3.8) is 0 Å². The Morgan fingerprint density at radius 2 is 1.76 bits per heavy atom. The Kier molecular flexibility index (Phi) is 3.09. The smallest absolute Gasteiger partial charge is 0.251 e. The second-order valence-electron chi connectivity index (χ2n) is 5.70. The molecule has 0 aliphatic heterocycles. The SMILES string of the molecule is CC(C)(C)Nc1ccc(C(=O)NC2CC2)cc1. The van der Waals surface area contributed by atoms with Crippen LogP contribution in [-0.4, -0.2) is 17.5 Å². The Hall–Kier alpha value is -1.51. The third-order valence-corrected chi connectivity index (χ3v) is 2.58. The van der Waals surface area contributed by atoms with Gasteiger partial charge >= 0.3 is 0 Å². The third-order valence-electron chi connectivity index (χ3n) is 2.58. The molecule has 92 valence electrons. The molecule has 0 atom stereocenters. The number of rotatable bonds is 3. The minimum absolute atomic E-state index is 0.0369. The molecule has 1 aliphatic rings. The molecule has 0 aromatic heterocycles. The lowest BCUT2D eigenvalue weighted by atomic mass is 10.1. The van der Waals surface area contributed by atoms with E-state index in [9.17, 15) is 4.79 Å². The van der Waals surface area contributed by atoms with Crippen LogP contribution in [0.5, 0.6) is 0 Å². The largest absolute Gasteiger partial charge is 0.380 e. The summed E-state index contributed by atoms with van der Waals surface area (Å²) in [6.45, 7) is 6.34. The van der Waals surface area contributed by atoms with Crippen molar-refractivity contribution in [1.29, 1.82) is 0 Å². The van der Waals surface area contributed by atoms with E-state index in [1.807, 2.05) is 24.3 Å². The maximum absolute atomic E-state index is 11.8. The zero-order chi connectivity index (χ0) is 12.5. The van der Waals surface area contributed by atoms with E-state index in [-0.39, 0.29) is 11.4 Å². The van der Waals surface area contributed by atoms with Gasteiger partial charge in [0.1, 0.15) is 0 Å². The maximum atomic E-state index is 11.8. The summed E-state index contributed by atoms with van der Waals surface area (Å²) >= 11 is 0. The van der Waals surface area contributed by atoms with Gasteiger partial charge in [-0.2, -0.15) is 0 Å². The standard InChI is InChI=1S/C14H20N2O/c1-14(2,3)16-12-6-4-10(5-7-12)13(17)15-11-8-9-11/h4-7,11,16H,8-9H2,1-3H3,(H,15,17). The van der Waals surface area contributed by atoms with Crippen molar-refractivity contribution >= 4 is 11.6 Å². The van der Waals surface area contributed by atoms with Crippen molar-refractivity contribution in [2.24, 2.45) is 0 Å². The van der Waals surface area contributed by atoms with E-state index in [4.69, 9.17) is 0 Å². The van der Waals surface area contributed by atoms with Crippen molar-refractivity contribution in [3.8, 4) is 0 Å². The Labute approximate surface area is 103 Å². The van der Waals surface area contributed by atoms with E-state index in [0.29, 0.717) is 6.04 Å². The third kappa shape index (κ3) is 3.77. The van der Waals surface area contributed by atoms with Crippen LogP contribution in [0.1, 0.15) is 44.0 Å². The lowest BCUT2D eigenvalue weighted by molar-refractivity contribution is 0.0951. The van der Waals surface area contributed by atoms with Gasteiger partial charge in [-0.1, -0.05) is 0 Å². The molecule has 2 N–H and O–H groups in total. The first-order valence-electron chi connectivity index (χ1n) is 6.13. The zero-order valence-electron chi connectivity index (χ0n) is 10.7. The van der Waals surface area contributed by atoms with Gasteiger partial charge < -0.3 is 10.6 Å². The molecule has 1 aromatic rings. The fourth-order valence-corrected chi connectivity index (χ4v) is 1.63. The number of carbonyl (C=O) groups excluding carboxylic acids is 1. The number of amides is 1. The highest BCUT2D eigenvalue weighted by Crippen LogP contribution is 2.20. The Balaban J connectivity index is 1.99. The van der Waals surface area contributed by atoms with Gasteiger partial charge in [-0.25, -0.2) is 0 Å². The van der Waals surface area contributed by atoms with Crippen LogP contribution >= 0.6 is 0 Å². The van der Waals surface area contributed by atoms with Crippen LogP contribution in [0.4, 0.5) is 5.69 Å². The van der Waals surface area contributed by atoms with Gasteiger partial charge in [0.05, 0.1) is 0 Å². The van der Waals surface area contributed by atoms with Crippen LogP contribution in [0.15, 0.2) is 24.3 Å². The van der Waals surface area contributed by atoms with Crippen LogP contribution in [0.2, 0.25) is 0 Å². The molecular formula is C14H20N2O. The molecule has 3 nitrogen and oxygen atoms in total. The van der Waals surface area contributed by atoms with Gasteiger partial charge in [-0.05, 0) is 57.9 Å². The minimum atomic E-state index is 0.0369. The first-order chi connectivity index (χ1) is 7.94. The molecule has 0 unspecified atom stereocenters. The number of benzene rings is 1. The summed E-state index contributed by atoms with van der Waals surface area (Å²) in [5.74, 6) is 0.0369. The normalized spacial score (nSPS) is 15.5. The second kappa shape index (κ2) is 4.40. The molecule has 0 radical (unpaired) electrons. The Morgan fingerprint density at radius 1 is 1.18 bits per heavy atom. The average molecular weight is 232 g/mol. The molecule has 0 saturated heterocycles. The Bertz CT molecular complexity index is 399. The molecule has 1 aliphatic carbocycles. The van der Waals surface area contributed by atoms with E-state index in [1.54, 1.807) is 0 Å². The molecule has 17 heavy (non-hydrogen) atoms. The predicted molar refractivity (Wildman–Crippen MR) is 70.3 cm³/mol. The van der Waals surface area contributed by atoms with Crippen molar-refractivity contribution in [1.82, 2.24) is 5.32 Å². The van der Waals surface area contributed by atoms with Crippen molar-refractivity contribution in [2.45, 2.75) is 45.2 Å². The summed E-state index contributed by atoms with van der Waals surface area (Å²) in [6, 6.07) is 8.05. The molecule has 1 fully saturated rings. The van der Waals surface area contributed by atoms with Crippen LogP contribution < -0.4 is 10.6 Å². The number of anilines is 1. The summed E-state index contributed by atoms with van der Waals surface area (Å²) in [5, 5.41) is 6.35. The minimum Gasteiger partial charge on any atom is -0.380 e. The first-order valence-corrected chi connectivity index (χ1v) is 6.13. The summed E-state index contributed by atoms with van der Waals surface area (Å²) in [6.07, 6.45) is 2.24. The van der Waals surface area contributed by atoms with Gasteiger partial charge in [0.2, 0.25) is 0 Å². The molecule has 1 aromatic carbocycles. The van der Waals surface area contributed by atoms with E-state index >= 15 is 0 Å². The molecule has 0 bridgehead atoms. The highest BCUT2D eigenvalue weighted by atomic mass is 16.1. The number of carbonyl (C=O) groups is 1. The van der Waals surface area contributed by atoms with Crippen molar-refractivity contribution in [3.05, 3.63) is 29.8 Å². The maximum Gasteiger partial charge on any atom is 0.251 e. The summed E-state index contributed by atoms with van der Waals surface area (Å²) < 4.78 is 0. The second-order valence-corrected chi connectivity index (χ2v) is 5.70. The van der Waals surface area contributed by atoms with Gasteiger partial charge in [0.25, 0.3) is 5.91 Å². The lowest BCUT2D eigenvalue weighted by Gasteiger charge is -2.22. The lowest BCUT2D eigenvalue weighted by Crippen LogP contribution is -2.27. The van der Waals surface area contributed by atoms with Crippen LogP contribution in [0, 0.1) is 0 Å². The fraction of sp³-hybridized carbons (Fsp3) is 0.500. The van der Waals surface area contributed by atoms with Crippen LogP contribution in [0.3, 0.4) is 0 Å². The van der Waals surface area contributed by atoms with Gasteiger partial charge in [-0.15, -0.1) is 0 Å². The monoisotopic (exact) mass is 232 g/mol. The van der Waals surface area contributed by atoms with Crippen LogP contribution in [-0.2, 0) is 0 Å². The van der Waals surface area contributed by atoms with E-state index < -0.39 is 0 Å². The van der Waals surface area contributed by atoms with E-state index in [0.717, 1.165) is 24.1 Å². The quantitative estimate of drug-likeness (QED) is 0.841. The molecule has 1 saturated carbocycles. The highest BCUT2D eigenvalue weighted by Gasteiger charge is 2.23. The summed E-state index contributed by atoms with van der Waals surface area (Å²) in [5.41, 5.74) is 1.81. The van der Waals surface area contributed by atoms with E-state index in [1.165, 1.54) is 0 Å².